The molecular weight excluding hydrogens is 288 g/mol. The van der Waals surface area contributed by atoms with Crippen molar-refractivity contribution in [3.63, 3.8) is 0 Å². The SMILES string of the molecule is OCCOc1ccccc1OCCO.Oc1ccc(O)cc1. The Morgan fingerprint density at radius 3 is 1.32 bits per heavy atom. The van der Waals surface area contributed by atoms with Gasteiger partial charge in [-0.1, -0.05) is 12.1 Å². The van der Waals surface area contributed by atoms with Crippen LogP contribution >= 0.6 is 0 Å². The molecule has 0 bridgehead atoms. The molecule has 6 heteroatoms. The summed E-state index contributed by atoms with van der Waals surface area (Å²) in [5.74, 6) is 1.50. The quantitative estimate of drug-likeness (QED) is 0.604. The molecule has 0 aliphatic rings. The van der Waals surface area contributed by atoms with E-state index in [9.17, 15) is 0 Å². The molecule has 0 aromatic heterocycles. The van der Waals surface area contributed by atoms with Crippen LogP contribution in [0.25, 0.3) is 0 Å². The Morgan fingerprint density at radius 2 is 1.00 bits per heavy atom. The summed E-state index contributed by atoms with van der Waals surface area (Å²) in [6, 6.07) is 12.8. The van der Waals surface area contributed by atoms with Crippen molar-refractivity contribution in [3.8, 4) is 23.0 Å². The van der Waals surface area contributed by atoms with Crippen molar-refractivity contribution >= 4 is 0 Å². The van der Waals surface area contributed by atoms with E-state index in [1.165, 1.54) is 24.3 Å². The molecule has 0 radical (unpaired) electrons. The fraction of sp³-hybridized carbons (Fsp3) is 0.250. The summed E-state index contributed by atoms with van der Waals surface area (Å²) >= 11 is 0. The van der Waals surface area contributed by atoms with Gasteiger partial charge in [0.1, 0.15) is 24.7 Å². The fourth-order valence-corrected chi connectivity index (χ4v) is 1.45. The van der Waals surface area contributed by atoms with E-state index in [0.717, 1.165) is 0 Å². The Balaban J connectivity index is 0.000000255. The number of aliphatic hydroxyl groups is 2. The molecule has 2 rings (SSSR count). The average molecular weight is 308 g/mol. The summed E-state index contributed by atoms with van der Waals surface area (Å²) in [5.41, 5.74) is 0. The van der Waals surface area contributed by atoms with Crippen LogP contribution in [-0.4, -0.2) is 46.9 Å². The predicted octanol–water partition coefficient (Wildman–Crippen LogP) is 1.53. The molecule has 2 aromatic rings. The second-order valence-electron chi connectivity index (χ2n) is 4.11. The van der Waals surface area contributed by atoms with Crippen molar-refractivity contribution in [3.05, 3.63) is 48.5 Å². The van der Waals surface area contributed by atoms with Gasteiger partial charge in [-0.3, -0.25) is 0 Å². The molecule has 0 spiro atoms. The zero-order valence-corrected chi connectivity index (χ0v) is 12.1. The predicted molar refractivity (Wildman–Crippen MR) is 81.4 cm³/mol. The van der Waals surface area contributed by atoms with Gasteiger partial charge in [0.05, 0.1) is 13.2 Å². The van der Waals surface area contributed by atoms with Crippen LogP contribution < -0.4 is 9.47 Å². The van der Waals surface area contributed by atoms with E-state index in [1.54, 1.807) is 12.1 Å². The van der Waals surface area contributed by atoms with Crippen LogP contribution in [0, 0.1) is 0 Å². The molecule has 0 aliphatic carbocycles. The van der Waals surface area contributed by atoms with Gasteiger partial charge >= 0.3 is 0 Å². The Hall–Kier alpha value is -2.44. The fourth-order valence-electron chi connectivity index (χ4n) is 1.45. The number of aromatic hydroxyl groups is 2. The summed E-state index contributed by atoms with van der Waals surface area (Å²) in [5, 5.41) is 34.5. The summed E-state index contributed by atoms with van der Waals surface area (Å²) in [6.07, 6.45) is 0. The number of hydrogen-bond acceptors (Lipinski definition) is 6. The first kappa shape index (κ1) is 17.6. The summed E-state index contributed by atoms with van der Waals surface area (Å²) < 4.78 is 10.5. The van der Waals surface area contributed by atoms with E-state index in [0.29, 0.717) is 11.5 Å². The molecule has 0 saturated heterocycles. The smallest absolute Gasteiger partial charge is 0.161 e. The lowest BCUT2D eigenvalue weighted by Crippen LogP contribution is -2.06. The number of para-hydroxylation sites is 2. The minimum atomic E-state index is -0.0334. The lowest BCUT2D eigenvalue weighted by atomic mass is 10.3. The molecule has 0 unspecified atom stereocenters. The van der Waals surface area contributed by atoms with E-state index >= 15 is 0 Å². The van der Waals surface area contributed by atoms with Crippen molar-refractivity contribution in [2.24, 2.45) is 0 Å². The van der Waals surface area contributed by atoms with Gasteiger partial charge in [0, 0.05) is 0 Å². The highest BCUT2D eigenvalue weighted by atomic mass is 16.5. The van der Waals surface area contributed by atoms with Crippen LogP contribution in [-0.2, 0) is 0 Å². The summed E-state index contributed by atoms with van der Waals surface area (Å²) in [6.45, 7) is 0.404. The normalized spacial score (nSPS) is 9.55. The molecule has 0 atom stereocenters. The van der Waals surface area contributed by atoms with Crippen LogP contribution in [0.4, 0.5) is 0 Å². The van der Waals surface area contributed by atoms with E-state index in [2.05, 4.69) is 0 Å². The lowest BCUT2D eigenvalue weighted by Gasteiger charge is -2.10. The minimum Gasteiger partial charge on any atom is -0.508 e. The monoisotopic (exact) mass is 308 g/mol. The molecule has 4 N–H and O–H groups in total. The Bertz CT molecular complexity index is 478. The van der Waals surface area contributed by atoms with Crippen molar-refractivity contribution in [2.45, 2.75) is 0 Å². The van der Waals surface area contributed by atoms with Crippen LogP contribution in [0.5, 0.6) is 23.0 Å². The van der Waals surface area contributed by atoms with Gasteiger partial charge in [-0.15, -0.1) is 0 Å². The first-order valence-electron chi connectivity index (χ1n) is 6.71. The number of benzene rings is 2. The van der Waals surface area contributed by atoms with Crippen molar-refractivity contribution in [1.82, 2.24) is 0 Å². The van der Waals surface area contributed by atoms with Crippen molar-refractivity contribution in [2.75, 3.05) is 26.4 Å². The maximum absolute atomic E-state index is 8.65. The number of ether oxygens (including phenoxy) is 2. The van der Waals surface area contributed by atoms with E-state index in [1.807, 2.05) is 12.1 Å². The zero-order chi connectivity index (χ0) is 16.2. The third kappa shape index (κ3) is 6.83. The summed E-state index contributed by atoms with van der Waals surface area (Å²) in [7, 11) is 0. The highest BCUT2D eigenvalue weighted by molar-refractivity contribution is 5.39. The Morgan fingerprint density at radius 1 is 0.636 bits per heavy atom. The molecule has 22 heavy (non-hydrogen) atoms. The topological polar surface area (TPSA) is 99.4 Å². The molecule has 0 amide bonds. The Kier molecular flexibility index (Phi) is 8.25. The molecule has 0 heterocycles. The molecule has 6 nitrogen and oxygen atoms in total. The molecule has 0 fully saturated rings. The van der Waals surface area contributed by atoms with Gasteiger partial charge in [-0.2, -0.15) is 0 Å². The highest BCUT2D eigenvalue weighted by Gasteiger charge is 2.02. The van der Waals surface area contributed by atoms with E-state index in [4.69, 9.17) is 29.9 Å². The molecule has 0 saturated carbocycles. The molecular formula is C16H20O6. The zero-order valence-electron chi connectivity index (χ0n) is 12.1. The van der Waals surface area contributed by atoms with E-state index in [-0.39, 0.29) is 37.9 Å². The Labute approximate surface area is 128 Å². The van der Waals surface area contributed by atoms with Crippen LogP contribution in [0.2, 0.25) is 0 Å². The number of phenolic OH excluding ortho intramolecular Hbond substituents is 2. The van der Waals surface area contributed by atoms with E-state index < -0.39 is 0 Å². The van der Waals surface area contributed by atoms with Gasteiger partial charge < -0.3 is 29.9 Å². The molecule has 2 aromatic carbocycles. The van der Waals surface area contributed by atoms with Gasteiger partial charge in [0.25, 0.3) is 0 Å². The maximum atomic E-state index is 8.65. The second kappa shape index (κ2) is 10.3. The average Bonchev–Trinajstić information content (AvgIpc) is 2.55. The number of phenols is 2. The maximum Gasteiger partial charge on any atom is 0.161 e. The number of aliphatic hydroxyl groups excluding tert-OH is 2. The van der Waals surface area contributed by atoms with Crippen LogP contribution in [0.1, 0.15) is 0 Å². The second-order valence-corrected chi connectivity index (χ2v) is 4.11. The summed E-state index contributed by atoms with van der Waals surface area (Å²) in [4.78, 5) is 0. The van der Waals surface area contributed by atoms with Gasteiger partial charge in [-0.05, 0) is 36.4 Å². The third-order valence-electron chi connectivity index (χ3n) is 2.40. The van der Waals surface area contributed by atoms with Crippen molar-refractivity contribution in [1.29, 1.82) is 0 Å². The number of hydrogen-bond donors (Lipinski definition) is 4. The third-order valence-corrected chi connectivity index (χ3v) is 2.40. The first-order chi connectivity index (χ1) is 10.7. The van der Waals surface area contributed by atoms with Gasteiger partial charge in [0.2, 0.25) is 0 Å². The first-order valence-corrected chi connectivity index (χ1v) is 6.71. The molecule has 0 aliphatic heterocycles. The van der Waals surface area contributed by atoms with Crippen molar-refractivity contribution < 1.29 is 29.9 Å². The number of rotatable bonds is 6. The standard InChI is InChI=1S/C10H14O4.C6H6O2/c11-5-7-13-9-3-1-2-4-10(9)14-8-6-12;7-5-1-2-6(8)4-3-5/h1-4,11-12H,5-8H2;1-4,7-8H. The minimum absolute atomic E-state index is 0.0334. The highest BCUT2D eigenvalue weighted by Crippen LogP contribution is 2.25. The lowest BCUT2D eigenvalue weighted by molar-refractivity contribution is 0.178. The van der Waals surface area contributed by atoms with Gasteiger partial charge in [0.15, 0.2) is 11.5 Å². The largest absolute Gasteiger partial charge is 0.508 e. The van der Waals surface area contributed by atoms with Gasteiger partial charge in [-0.25, -0.2) is 0 Å². The van der Waals surface area contributed by atoms with Crippen LogP contribution in [0.3, 0.4) is 0 Å². The van der Waals surface area contributed by atoms with Crippen LogP contribution in [0.15, 0.2) is 48.5 Å². The molecule has 120 valence electrons.